The molecule has 3 aliphatic heterocycles. The summed E-state index contributed by atoms with van der Waals surface area (Å²) in [5.41, 5.74) is -0.0137. The third kappa shape index (κ3) is 2.54. The van der Waals surface area contributed by atoms with E-state index < -0.39 is 5.72 Å². The molecule has 1 spiro atoms. The minimum atomic E-state index is -0.479. The maximum atomic E-state index is 14.0. The van der Waals surface area contributed by atoms with Crippen LogP contribution in [0.2, 0.25) is 0 Å². The standard InChI is InChI=1S/C22H25FN2O3/c1-14(2)18-13-27-22-9-10-24(20(22)11-21(26)25(18)22)12-15-7-8-19(28-15)16-5-3-4-6-17(16)23/h3-8,14,18,20H,9-13H2,1-2H3/t18-,20+,22-/m0/s1. The molecule has 1 aromatic carbocycles. The van der Waals surface area contributed by atoms with Crippen LogP contribution in [0.25, 0.3) is 11.3 Å². The number of ether oxygens (including phenoxy) is 1. The first-order chi connectivity index (χ1) is 13.5. The summed E-state index contributed by atoms with van der Waals surface area (Å²) in [4.78, 5) is 17.1. The first-order valence-corrected chi connectivity index (χ1v) is 10.0. The smallest absolute Gasteiger partial charge is 0.226 e. The first kappa shape index (κ1) is 17.9. The zero-order valence-electron chi connectivity index (χ0n) is 16.2. The van der Waals surface area contributed by atoms with Gasteiger partial charge < -0.3 is 14.1 Å². The van der Waals surface area contributed by atoms with E-state index in [2.05, 4.69) is 18.7 Å². The van der Waals surface area contributed by atoms with Gasteiger partial charge in [-0.2, -0.15) is 0 Å². The quantitative estimate of drug-likeness (QED) is 0.807. The normalized spacial score (nSPS) is 29.7. The summed E-state index contributed by atoms with van der Waals surface area (Å²) in [5.74, 6) is 1.59. The summed E-state index contributed by atoms with van der Waals surface area (Å²) < 4.78 is 26.2. The average molecular weight is 384 g/mol. The van der Waals surface area contributed by atoms with Crippen LogP contribution in [0.3, 0.4) is 0 Å². The van der Waals surface area contributed by atoms with E-state index in [0.717, 1.165) is 18.7 Å². The summed E-state index contributed by atoms with van der Waals surface area (Å²) in [6.45, 7) is 6.36. The molecule has 5 rings (SSSR count). The van der Waals surface area contributed by atoms with Crippen molar-refractivity contribution in [2.75, 3.05) is 13.2 Å². The lowest BCUT2D eigenvalue weighted by molar-refractivity contribution is -0.139. The number of carbonyl (C=O) groups excluding carboxylic acids is 1. The lowest BCUT2D eigenvalue weighted by Crippen LogP contribution is -2.50. The van der Waals surface area contributed by atoms with Gasteiger partial charge in [-0.3, -0.25) is 9.69 Å². The zero-order chi connectivity index (χ0) is 19.5. The lowest BCUT2D eigenvalue weighted by atomic mass is 10.0. The maximum Gasteiger partial charge on any atom is 0.226 e. The van der Waals surface area contributed by atoms with Gasteiger partial charge in [-0.25, -0.2) is 4.39 Å². The monoisotopic (exact) mass is 384 g/mol. The second-order valence-electron chi connectivity index (χ2n) is 8.42. The molecule has 2 aromatic rings. The van der Waals surface area contributed by atoms with Crippen LogP contribution < -0.4 is 0 Å². The van der Waals surface area contributed by atoms with Crippen LogP contribution in [-0.2, 0) is 16.1 Å². The molecule has 0 saturated carbocycles. The summed E-state index contributed by atoms with van der Waals surface area (Å²) in [6.07, 6.45) is 1.32. The fraction of sp³-hybridized carbons (Fsp3) is 0.500. The molecule has 3 saturated heterocycles. The van der Waals surface area contributed by atoms with E-state index in [1.54, 1.807) is 18.2 Å². The molecule has 0 unspecified atom stereocenters. The van der Waals surface area contributed by atoms with Crippen molar-refractivity contribution in [1.29, 1.82) is 0 Å². The molecule has 1 amide bonds. The van der Waals surface area contributed by atoms with Crippen LogP contribution >= 0.6 is 0 Å². The molecular weight excluding hydrogens is 359 g/mol. The Hall–Kier alpha value is -2.18. The highest BCUT2D eigenvalue weighted by molar-refractivity contribution is 5.82. The van der Waals surface area contributed by atoms with Gasteiger partial charge in [-0.1, -0.05) is 26.0 Å². The number of nitrogens with zero attached hydrogens (tertiary/aromatic N) is 2. The van der Waals surface area contributed by atoms with Gasteiger partial charge in [-0.15, -0.1) is 0 Å². The van der Waals surface area contributed by atoms with Gasteiger partial charge in [0.1, 0.15) is 17.3 Å². The topological polar surface area (TPSA) is 45.9 Å². The van der Waals surface area contributed by atoms with E-state index in [1.807, 2.05) is 17.0 Å². The van der Waals surface area contributed by atoms with Crippen LogP contribution in [0.15, 0.2) is 40.8 Å². The van der Waals surface area contributed by atoms with Crippen LogP contribution in [0.4, 0.5) is 4.39 Å². The number of amides is 1. The number of rotatable bonds is 4. The molecule has 1 aromatic heterocycles. The molecule has 5 nitrogen and oxygen atoms in total. The Kier molecular flexibility index (Phi) is 4.10. The van der Waals surface area contributed by atoms with Gasteiger partial charge in [0.15, 0.2) is 5.72 Å². The Bertz CT molecular complexity index is 911. The highest BCUT2D eigenvalue weighted by atomic mass is 19.1. The summed E-state index contributed by atoms with van der Waals surface area (Å²) >= 11 is 0. The van der Waals surface area contributed by atoms with Crippen LogP contribution in [0.1, 0.15) is 32.4 Å². The minimum Gasteiger partial charge on any atom is -0.460 e. The van der Waals surface area contributed by atoms with Gasteiger partial charge in [0.05, 0.1) is 30.8 Å². The minimum absolute atomic E-state index is 0.0470. The van der Waals surface area contributed by atoms with Crippen molar-refractivity contribution in [3.8, 4) is 11.3 Å². The lowest BCUT2D eigenvalue weighted by Gasteiger charge is -2.34. The van der Waals surface area contributed by atoms with Crippen LogP contribution in [0, 0.1) is 11.7 Å². The van der Waals surface area contributed by atoms with E-state index in [9.17, 15) is 9.18 Å². The third-order valence-corrected chi connectivity index (χ3v) is 6.53. The fourth-order valence-corrected chi connectivity index (χ4v) is 5.11. The molecule has 0 bridgehead atoms. The Morgan fingerprint density at radius 3 is 2.86 bits per heavy atom. The molecule has 0 N–H and O–H groups in total. The zero-order valence-corrected chi connectivity index (χ0v) is 16.2. The van der Waals surface area contributed by atoms with Gasteiger partial charge in [0.2, 0.25) is 5.91 Å². The molecule has 3 atom stereocenters. The average Bonchev–Trinajstić information content (AvgIpc) is 3.40. The third-order valence-electron chi connectivity index (χ3n) is 6.53. The van der Waals surface area contributed by atoms with Crippen molar-refractivity contribution in [2.45, 2.75) is 51.0 Å². The van der Waals surface area contributed by atoms with Crippen molar-refractivity contribution >= 4 is 5.91 Å². The van der Waals surface area contributed by atoms with Gasteiger partial charge in [0, 0.05) is 19.4 Å². The molecule has 4 heterocycles. The van der Waals surface area contributed by atoms with Crippen molar-refractivity contribution in [3.63, 3.8) is 0 Å². The Morgan fingerprint density at radius 2 is 2.07 bits per heavy atom. The molecule has 148 valence electrons. The number of likely N-dealkylation sites (tertiary alicyclic amines) is 1. The number of benzene rings is 1. The molecule has 6 heteroatoms. The fourth-order valence-electron chi connectivity index (χ4n) is 5.11. The number of hydrogen-bond acceptors (Lipinski definition) is 4. The van der Waals surface area contributed by atoms with Crippen molar-refractivity contribution in [2.24, 2.45) is 5.92 Å². The van der Waals surface area contributed by atoms with Gasteiger partial charge in [-0.05, 0) is 30.2 Å². The van der Waals surface area contributed by atoms with E-state index in [1.165, 1.54) is 6.07 Å². The molecular formula is C22H25FN2O3. The predicted molar refractivity (Wildman–Crippen MR) is 102 cm³/mol. The van der Waals surface area contributed by atoms with Gasteiger partial charge in [0.25, 0.3) is 0 Å². The number of carbonyl (C=O) groups is 1. The van der Waals surface area contributed by atoms with Crippen molar-refractivity contribution < 1.29 is 18.3 Å². The Morgan fingerprint density at radius 1 is 1.25 bits per heavy atom. The van der Waals surface area contributed by atoms with E-state index in [0.29, 0.717) is 36.8 Å². The highest BCUT2D eigenvalue weighted by Crippen LogP contribution is 2.49. The molecule has 0 radical (unpaired) electrons. The Balaban J connectivity index is 1.36. The first-order valence-electron chi connectivity index (χ1n) is 10.0. The second kappa shape index (κ2) is 6.42. The number of halogens is 1. The van der Waals surface area contributed by atoms with E-state index >= 15 is 0 Å². The van der Waals surface area contributed by atoms with Crippen LogP contribution in [0.5, 0.6) is 0 Å². The van der Waals surface area contributed by atoms with Crippen molar-refractivity contribution in [1.82, 2.24) is 9.80 Å². The van der Waals surface area contributed by atoms with E-state index in [4.69, 9.17) is 9.15 Å². The van der Waals surface area contributed by atoms with Crippen molar-refractivity contribution in [3.05, 3.63) is 48.0 Å². The Labute approximate surface area is 164 Å². The largest absolute Gasteiger partial charge is 0.460 e. The molecule has 3 fully saturated rings. The van der Waals surface area contributed by atoms with E-state index in [-0.39, 0.29) is 23.8 Å². The molecule has 28 heavy (non-hydrogen) atoms. The predicted octanol–water partition coefficient (Wildman–Crippen LogP) is 3.64. The SMILES string of the molecule is CC(C)[C@@H]1CO[C@@]23CCN(Cc4ccc(-c5ccccc5F)o4)[C@@H]2CC(=O)N13. The van der Waals surface area contributed by atoms with Gasteiger partial charge >= 0.3 is 0 Å². The highest BCUT2D eigenvalue weighted by Gasteiger charge is 2.64. The molecule has 3 aliphatic rings. The number of hydrogen-bond donors (Lipinski definition) is 0. The summed E-state index contributed by atoms with van der Waals surface area (Å²) in [7, 11) is 0. The second-order valence-corrected chi connectivity index (χ2v) is 8.42. The van der Waals surface area contributed by atoms with Crippen LogP contribution in [-0.4, -0.2) is 46.7 Å². The maximum absolute atomic E-state index is 14.0. The molecule has 0 aliphatic carbocycles. The number of furan rings is 1. The summed E-state index contributed by atoms with van der Waals surface area (Å²) in [6, 6.07) is 10.5. The summed E-state index contributed by atoms with van der Waals surface area (Å²) in [5, 5.41) is 0.